The maximum absolute atomic E-state index is 12.1. The molecule has 0 fully saturated rings. The van der Waals surface area contributed by atoms with Gasteiger partial charge in [-0.1, -0.05) is 25.1 Å². The predicted molar refractivity (Wildman–Crippen MR) is 87.0 cm³/mol. The largest absolute Gasteiger partial charge is 0.319 e. The van der Waals surface area contributed by atoms with Gasteiger partial charge in [-0.15, -0.1) is 11.3 Å². The van der Waals surface area contributed by atoms with Crippen molar-refractivity contribution in [3.63, 3.8) is 0 Å². The molecule has 22 heavy (non-hydrogen) atoms. The third-order valence-electron chi connectivity index (χ3n) is 3.15. The molecule has 0 radical (unpaired) electrons. The molecule has 1 amide bonds. The number of carbonyl (C=O) groups is 1. The summed E-state index contributed by atoms with van der Waals surface area (Å²) in [6.07, 6.45) is 0. The van der Waals surface area contributed by atoms with E-state index in [1.165, 1.54) is 17.0 Å². The van der Waals surface area contributed by atoms with E-state index in [-0.39, 0.29) is 23.8 Å². The van der Waals surface area contributed by atoms with E-state index in [0.29, 0.717) is 6.54 Å². The molecular weight excluding hydrogens is 302 g/mol. The average molecular weight is 319 g/mol. The Bertz CT molecular complexity index is 643. The lowest BCUT2D eigenvalue weighted by Gasteiger charge is -2.18. The third kappa shape index (κ3) is 4.37. The highest BCUT2D eigenvalue weighted by Gasteiger charge is 2.16. The fourth-order valence-electron chi connectivity index (χ4n) is 2.03. The molecule has 0 aliphatic rings. The molecule has 0 aliphatic heterocycles. The lowest BCUT2D eigenvalue weighted by atomic mass is 10.2. The number of benzene rings is 1. The molecule has 0 spiro atoms. The summed E-state index contributed by atoms with van der Waals surface area (Å²) >= 11 is 1.64. The minimum Gasteiger partial charge on any atom is -0.319 e. The van der Waals surface area contributed by atoms with Crippen molar-refractivity contribution in [2.45, 2.75) is 13.5 Å². The second-order valence-electron chi connectivity index (χ2n) is 4.71. The van der Waals surface area contributed by atoms with Crippen LogP contribution in [0.1, 0.15) is 11.8 Å². The number of hydrogen-bond donors (Lipinski definition) is 1. The first kappa shape index (κ1) is 16.1. The number of amides is 1. The Morgan fingerprint density at radius 3 is 2.73 bits per heavy atom. The van der Waals surface area contributed by atoms with Gasteiger partial charge in [-0.25, -0.2) is 0 Å². The lowest BCUT2D eigenvalue weighted by molar-refractivity contribution is -0.383. The van der Waals surface area contributed by atoms with Gasteiger partial charge in [0.05, 0.1) is 11.5 Å². The number of rotatable bonds is 7. The number of likely N-dealkylation sites (N-methyl/N-ethyl adjacent to an activating group) is 1. The van der Waals surface area contributed by atoms with Crippen LogP contribution in [0.4, 0.5) is 11.4 Å². The Balaban J connectivity index is 1.98. The van der Waals surface area contributed by atoms with Gasteiger partial charge in [0.15, 0.2) is 0 Å². The molecule has 1 heterocycles. The van der Waals surface area contributed by atoms with Crippen LogP contribution in [0.2, 0.25) is 0 Å². The van der Waals surface area contributed by atoms with Gasteiger partial charge in [0, 0.05) is 17.5 Å². The van der Waals surface area contributed by atoms with E-state index < -0.39 is 4.92 Å². The fraction of sp³-hybridized carbons (Fsp3) is 0.267. The van der Waals surface area contributed by atoms with Crippen LogP contribution in [0, 0.1) is 10.1 Å². The zero-order valence-electron chi connectivity index (χ0n) is 12.2. The maximum atomic E-state index is 12.1. The van der Waals surface area contributed by atoms with Crippen LogP contribution in [0.25, 0.3) is 0 Å². The molecule has 0 atom stereocenters. The first-order valence-electron chi connectivity index (χ1n) is 6.88. The standard InChI is InChI=1S/C15H17N3O3S/c1-2-17(10-12-6-5-9-22-12)11-15(19)16-13-7-3-4-8-14(13)18(20)21/h3-9H,2,10-11H2,1H3,(H,16,19). The molecular formula is C15H17N3O3S. The molecule has 6 nitrogen and oxygen atoms in total. The van der Waals surface area contributed by atoms with E-state index in [2.05, 4.69) is 5.32 Å². The summed E-state index contributed by atoms with van der Waals surface area (Å²) in [5, 5.41) is 15.6. The number of thiophene rings is 1. The number of nitro benzene ring substituents is 1. The Morgan fingerprint density at radius 2 is 2.09 bits per heavy atom. The van der Waals surface area contributed by atoms with E-state index in [1.807, 2.05) is 29.3 Å². The SMILES string of the molecule is CCN(CC(=O)Nc1ccccc1[N+](=O)[O-])Cc1cccs1. The summed E-state index contributed by atoms with van der Waals surface area (Å²) in [5.41, 5.74) is 0.127. The van der Waals surface area contributed by atoms with Crippen molar-refractivity contribution < 1.29 is 9.72 Å². The molecule has 116 valence electrons. The van der Waals surface area contributed by atoms with Gasteiger partial charge in [-0.3, -0.25) is 19.8 Å². The highest BCUT2D eigenvalue weighted by molar-refractivity contribution is 7.09. The van der Waals surface area contributed by atoms with E-state index in [0.717, 1.165) is 6.54 Å². The van der Waals surface area contributed by atoms with Crippen LogP contribution >= 0.6 is 11.3 Å². The minimum absolute atomic E-state index is 0.0999. The van der Waals surface area contributed by atoms with Crippen molar-refractivity contribution in [2.24, 2.45) is 0 Å². The van der Waals surface area contributed by atoms with Crippen LogP contribution in [-0.2, 0) is 11.3 Å². The van der Waals surface area contributed by atoms with Gasteiger partial charge in [-0.05, 0) is 24.1 Å². The van der Waals surface area contributed by atoms with Gasteiger partial charge < -0.3 is 5.32 Å². The highest BCUT2D eigenvalue weighted by Crippen LogP contribution is 2.23. The number of anilines is 1. The molecule has 7 heteroatoms. The number of hydrogen-bond acceptors (Lipinski definition) is 5. The number of carbonyl (C=O) groups excluding carboxylic acids is 1. The van der Waals surface area contributed by atoms with E-state index in [4.69, 9.17) is 0 Å². The summed E-state index contributed by atoms with van der Waals surface area (Å²) in [5.74, 6) is -0.257. The topological polar surface area (TPSA) is 75.5 Å². The third-order valence-corrected chi connectivity index (χ3v) is 4.01. The summed E-state index contributed by atoms with van der Waals surface area (Å²) < 4.78 is 0. The van der Waals surface area contributed by atoms with Crippen molar-refractivity contribution in [1.82, 2.24) is 4.90 Å². The fourth-order valence-corrected chi connectivity index (χ4v) is 2.78. The predicted octanol–water partition coefficient (Wildman–Crippen LogP) is 3.12. The number of nitrogens with zero attached hydrogens (tertiary/aromatic N) is 2. The van der Waals surface area contributed by atoms with Gasteiger partial charge in [-0.2, -0.15) is 0 Å². The van der Waals surface area contributed by atoms with Crippen molar-refractivity contribution in [3.05, 3.63) is 56.8 Å². The zero-order chi connectivity index (χ0) is 15.9. The maximum Gasteiger partial charge on any atom is 0.292 e. The van der Waals surface area contributed by atoms with Gasteiger partial charge >= 0.3 is 0 Å². The van der Waals surface area contributed by atoms with Crippen LogP contribution in [0.15, 0.2) is 41.8 Å². The van der Waals surface area contributed by atoms with Crippen LogP contribution < -0.4 is 5.32 Å². The molecule has 0 unspecified atom stereocenters. The minimum atomic E-state index is -0.501. The lowest BCUT2D eigenvalue weighted by Crippen LogP contribution is -2.32. The van der Waals surface area contributed by atoms with Crippen LogP contribution in [0.5, 0.6) is 0 Å². The Labute approximate surface area is 132 Å². The zero-order valence-corrected chi connectivity index (χ0v) is 13.0. The Kier molecular flexibility index (Phi) is 5.62. The number of nitrogens with one attached hydrogen (secondary N) is 1. The number of nitro groups is 1. The molecule has 1 aromatic carbocycles. The molecule has 0 bridgehead atoms. The van der Waals surface area contributed by atoms with Crippen molar-refractivity contribution in [3.8, 4) is 0 Å². The average Bonchev–Trinajstić information content (AvgIpc) is 2.99. The van der Waals surface area contributed by atoms with Crippen LogP contribution in [0.3, 0.4) is 0 Å². The smallest absolute Gasteiger partial charge is 0.292 e. The molecule has 1 aromatic heterocycles. The van der Waals surface area contributed by atoms with E-state index in [1.54, 1.807) is 23.5 Å². The van der Waals surface area contributed by atoms with Crippen molar-refractivity contribution >= 4 is 28.6 Å². The Morgan fingerprint density at radius 1 is 1.32 bits per heavy atom. The Hall–Kier alpha value is -2.25. The quantitative estimate of drug-likeness (QED) is 0.628. The summed E-state index contributed by atoms with van der Waals surface area (Å²) in [7, 11) is 0. The first-order chi connectivity index (χ1) is 10.6. The van der Waals surface area contributed by atoms with Crippen molar-refractivity contribution in [1.29, 1.82) is 0 Å². The second-order valence-corrected chi connectivity index (χ2v) is 5.74. The van der Waals surface area contributed by atoms with Gasteiger partial charge in [0.1, 0.15) is 5.69 Å². The van der Waals surface area contributed by atoms with E-state index in [9.17, 15) is 14.9 Å². The molecule has 0 aliphatic carbocycles. The molecule has 1 N–H and O–H groups in total. The highest BCUT2D eigenvalue weighted by atomic mass is 32.1. The second kappa shape index (κ2) is 7.67. The van der Waals surface area contributed by atoms with Crippen LogP contribution in [-0.4, -0.2) is 28.8 Å². The van der Waals surface area contributed by atoms with E-state index >= 15 is 0 Å². The summed E-state index contributed by atoms with van der Waals surface area (Å²) in [6, 6.07) is 10.1. The molecule has 0 saturated heterocycles. The number of para-hydroxylation sites is 2. The first-order valence-corrected chi connectivity index (χ1v) is 7.76. The summed E-state index contributed by atoms with van der Waals surface area (Å²) in [4.78, 5) is 25.7. The van der Waals surface area contributed by atoms with Gasteiger partial charge in [0.25, 0.3) is 5.69 Å². The molecule has 2 rings (SSSR count). The monoisotopic (exact) mass is 319 g/mol. The molecule has 2 aromatic rings. The van der Waals surface area contributed by atoms with Gasteiger partial charge in [0.2, 0.25) is 5.91 Å². The molecule has 0 saturated carbocycles. The summed E-state index contributed by atoms with van der Waals surface area (Å²) in [6.45, 7) is 3.59. The van der Waals surface area contributed by atoms with Crippen molar-refractivity contribution in [2.75, 3.05) is 18.4 Å². The normalized spacial score (nSPS) is 10.6.